The zero-order valence-electron chi connectivity index (χ0n) is 17.8. The van der Waals surface area contributed by atoms with E-state index in [0.29, 0.717) is 0 Å². The highest BCUT2D eigenvalue weighted by Gasteiger charge is 2.28. The van der Waals surface area contributed by atoms with Gasteiger partial charge in [-0.1, -0.05) is 78.5 Å². The summed E-state index contributed by atoms with van der Waals surface area (Å²) >= 11 is 1.84. The fourth-order valence-electron chi connectivity index (χ4n) is 4.84. The van der Waals surface area contributed by atoms with Crippen molar-refractivity contribution < 1.29 is 0 Å². The van der Waals surface area contributed by atoms with Crippen molar-refractivity contribution >= 4 is 45.2 Å². The number of pyridine rings is 1. The van der Waals surface area contributed by atoms with Crippen LogP contribution in [0.1, 0.15) is 0 Å². The van der Waals surface area contributed by atoms with Gasteiger partial charge in [-0.3, -0.25) is 4.90 Å². The van der Waals surface area contributed by atoms with E-state index in [9.17, 15) is 0 Å². The Balaban J connectivity index is 1.56. The molecule has 0 spiro atoms. The van der Waals surface area contributed by atoms with Crippen LogP contribution in [0.5, 0.6) is 0 Å². The van der Waals surface area contributed by atoms with Crippen LogP contribution in [-0.2, 0) is 0 Å². The smallest absolute Gasteiger partial charge is 0.130 e. The van der Waals surface area contributed by atoms with Crippen LogP contribution < -0.4 is 4.90 Å². The molecule has 0 N–H and O–H groups in total. The van der Waals surface area contributed by atoms with Crippen LogP contribution in [0, 0.1) is 0 Å². The van der Waals surface area contributed by atoms with Crippen LogP contribution in [0.15, 0.2) is 131 Å². The molecule has 6 aromatic rings. The molecule has 0 radical (unpaired) electrons. The van der Waals surface area contributed by atoms with E-state index in [1.807, 2.05) is 11.8 Å². The minimum absolute atomic E-state index is 1.17. The van der Waals surface area contributed by atoms with Crippen LogP contribution >= 0.6 is 11.8 Å². The summed E-state index contributed by atoms with van der Waals surface area (Å²) in [5.41, 5.74) is 6.06. The zero-order chi connectivity index (χ0) is 21.8. The summed E-state index contributed by atoms with van der Waals surface area (Å²) in [6.07, 6.45) is 2.17. The van der Waals surface area contributed by atoms with Crippen LogP contribution in [0.2, 0.25) is 0 Å². The number of hydrogen-bond donors (Lipinski definition) is 0. The second-order valence-electron chi connectivity index (χ2n) is 8.31. The molecular weight excluding hydrogens is 420 g/mol. The summed E-state index contributed by atoms with van der Waals surface area (Å²) in [6.45, 7) is 0. The standard InChI is InChI=1S/C30H20N2S/c1-2-10-22-19-23(17-16-21(22)9-1)25-20-24-11-7-8-18-31(24)30(25)32-26-12-3-5-14-28(26)33-29-15-6-4-13-27(29)32/h1-20H. The summed E-state index contributed by atoms with van der Waals surface area (Å²) in [5, 5.41) is 2.52. The molecule has 0 fully saturated rings. The Morgan fingerprint density at radius 1 is 0.545 bits per heavy atom. The van der Waals surface area contributed by atoms with Gasteiger partial charge in [0, 0.05) is 27.1 Å². The van der Waals surface area contributed by atoms with E-state index in [2.05, 4.69) is 131 Å². The molecule has 1 aliphatic heterocycles. The number of nitrogens with zero attached hydrogens (tertiary/aromatic N) is 2. The molecule has 4 aromatic carbocycles. The number of aromatic nitrogens is 1. The van der Waals surface area contributed by atoms with Gasteiger partial charge in [-0.15, -0.1) is 0 Å². The van der Waals surface area contributed by atoms with Gasteiger partial charge in [0.05, 0.1) is 11.4 Å². The van der Waals surface area contributed by atoms with Gasteiger partial charge in [0.2, 0.25) is 0 Å². The topological polar surface area (TPSA) is 7.65 Å². The molecule has 33 heavy (non-hydrogen) atoms. The third-order valence-electron chi connectivity index (χ3n) is 6.36. The van der Waals surface area contributed by atoms with E-state index >= 15 is 0 Å². The summed E-state index contributed by atoms with van der Waals surface area (Å²) in [5.74, 6) is 1.17. The number of para-hydroxylation sites is 2. The van der Waals surface area contributed by atoms with Gasteiger partial charge < -0.3 is 4.40 Å². The maximum absolute atomic E-state index is 2.43. The molecule has 7 rings (SSSR count). The van der Waals surface area contributed by atoms with Crippen molar-refractivity contribution in [1.82, 2.24) is 4.40 Å². The van der Waals surface area contributed by atoms with Crippen molar-refractivity contribution in [2.24, 2.45) is 0 Å². The Morgan fingerprint density at radius 2 is 1.21 bits per heavy atom. The largest absolute Gasteiger partial charge is 0.302 e. The third-order valence-corrected chi connectivity index (χ3v) is 7.49. The van der Waals surface area contributed by atoms with Gasteiger partial charge in [0.25, 0.3) is 0 Å². The quantitative estimate of drug-likeness (QED) is 0.265. The van der Waals surface area contributed by atoms with E-state index in [0.717, 1.165) is 0 Å². The SMILES string of the molecule is c1ccc2c(c1)Sc1ccccc1N2c1c(-c2ccc3ccccc3c2)cc2ccccn12. The predicted octanol–water partition coefficient (Wildman–Crippen LogP) is 8.69. The molecular formula is C30H20N2S. The second kappa shape index (κ2) is 7.29. The van der Waals surface area contributed by atoms with Crippen molar-refractivity contribution in [2.75, 3.05) is 4.90 Å². The van der Waals surface area contributed by atoms with Crippen molar-refractivity contribution in [3.05, 3.63) is 121 Å². The summed E-state index contributed by atoms with van der Waals surface area (Å²) in [4.78, 5) is 4.97. The number of benzene rings is 4. The van der Waals surface area contributed by atoms with Crippen molar-refractivity contribution in [3.63, 3.8) is 0 Å². The molecule has 0 unspecified atom stereocenters. The Morgan fingerprint density at radius 3 is 2.00 bits per heavy atom. The monoisotopic (exact) mass is 440 g/mol. The first-order valence-corrected chi connectivity index (χ1v) is 11.9. The first-order chi connectivity index (χ1) is 16.4. The maximum atomic E-state index is 2.43. The summed E-state index contributed by atoms with van der Waals surface area (Å²) in [6, 6.07) is 41.5. The van der Waals surface area contributed by atoms with Crippen molar-refractivity contribution in [2.45, 2.75) is 9.79 Å². The van der Waals surface area contributed by atoms with Gasteiger partial charge in [0.15, 0.2) is 0 Å². The van der Waals surface area contributed by atoms with E-state index in [4.69, 9.17) is 0 Å². The Hall–Kier alpha value is -3.95. The van der Waals surface area contributed by atoms with Gasteiger partial charge in [-0.2, -0.15) is 0 Å². The molecule has 2 nitrogen and oxygen atoms in total. The fourth-order valence-corrected chi connectivity index (χ4v) is 5.90. The average Bonchev–Trinajstić information content (AvgIpc) is 3.26. The van der Waals surface area contributed by atoms with Gasteiger partial charge in [-0.05, 0) is 64.9 Å². The molecule has 0 bridgehead atoms. The molecule has 1 aliphatic rings. The lowest BCUT2D eigenvalue weighted by molar-refractivity contribution is 1.08. The van der Waals surface area contributed by atoms with Crippen molar-refractivity contribution in [3.8, 4) is 11.1 Å². The third kappa shape index (κ3) is 2.90. The molecule has 3 heteroatoms. The normalized spacial score (nSPS) is 12.7. The first-order valence-electron chi connectivity index (χ1n) is 11.1. The van der Waals surface area contributed by atoms with Crippen LogP contribution in [0.4, 0.5) is 17.2 Å². The summed E-state index contributed by atoms with van der Waals surface area (Å²) in [7, 11) is 0. The fraction of sp³-hybridized carbons (Fsp3) is 0. The number of fused-ring (bicyclic) bond motifs is 4. The van der Waals surface area contributed by atoms with Crippen molar-refractivity contribution in [1.29, 1.82) is 0 Å². The predicted molar refractivity (Wildman–Crippen MR) is 139 cm³/mol. The van der Waals surface area contributed by atoms with Crippen LogP contribution in [-0.4, -0.2) is 4.40 Å². The Labute approximate surface area is 196 Å². The second-order valence-corrected chi connectivity index (χ2v) is 9.40. The summed E-state index contributed by atoms with van der Waals surface area (Å²) < 4.78 is 2.31. The lowest BCUT2D eigenvalue weighted by Crippen LogP contribution is -2.17. The maximum Gasteiger partial charge on any atom is 0.130 e. The average molecular weight is 441 g/mol. The molecule has 3 heterocycles. The number of rotatable bonds is 2. The minimum atomic E-state index is 1.17. The molecule has 0 amide bonds. The molecule has 156 valence electrons. The van der Waals surface area contributed by atoms with E-state index in [1.54, 1.807) is 0 Å². The van der Waals surface area contributed by atoms with E-state index in [-0.39, 0.29) is 0 Å². The molecule has 0 saturated heterocycles. The first kappa shape index (κ1) is 18.6. The van der Waals surface area contributed by atoms with Crippen LogP contribution in [0.3, 0.4) is 0 Å². The Kier molecular flexibility index (Phi) is 4.11. The van der Waals surface area contributed by atoms with Gasteiger partial charge >= 0.3 is 0 Å². The lowest BCUT2D eigenvalue weighted by atomic mass is 10.0. The molecule has 2 aromatic heterocycles. The lowest BCUT2D eigenvalue weighted by Gasteiger charge is -2.33. The highest BCUT2D eigenvalue weighted by Crippen LogP contribution is 2.53. The zero-order valence-corrected chi connectivity index (χ0v) is 18.7. The van der Waals surface area contributed by atoms with E-state index < -0.39 is 0 Å². The highest BCUT2D eigenvalue weighted by molar-refractivity contribution is 7.99. The Bertz CT molecular complexity index is 1620. The molecule has 0 aliphatic carbocycles. The van der Waals surface area contributed by atoms with Gasteiger partial charge in [-0.25, -0.2) is 0 Å². The molecule has 0 atom stereocenters. The number of anilines is 3. The number of hydrogen-bond acceptors (Lipinski definition) is 2. The van der Waals surface area contributed by atoms with Crippen LogP contribution in [0.25, 0.3) is 27.4 Å². The van der Waals surface area contributed by atoms with Gasteiger partial charge in [0.1, 0.15) is 5.82 Å². The highest BCUT2D eigenvalue weighted by atomic mass is 32.2. The minimum Gasteiger partial charge on any atom is -0.302 e. The van der Waals surface area contributed by atoms with E-state index in [1.165, 1.54) is 54.4 Å². The molecule has 0 saturated carbocycles.